The molecule has 1 rings (SSSR count). The Morgan fingerprint density at radius 2 is 1.75 bits per heavy atom. The van der Waals surface area contributed by atoms with Crippen molar-refractivity contribution in [1.29, 1.82) is 0 Å². The van der Waals surface area contributed by atoms with Crippen LogP contribution in [0.25, 0.3) is 0 Å². The summed E-state index contributed by atoms with van der Waals surface area (Å²) in [6.45, 7) is 8.59. The average Bonchev–Trinajstić information content (AvgIpc) is 2.26. The van der Waals surface area contributed by atoms with Crippen LogP contribution in [0.15, 0.2) is 24.3 Å². The maximum Gasteiger partial charge on any atom is 0.191 e. The third-order valence-electron chi connectivity index (χ3n) is 2.38. The molecule has 16 heavy (non-hydrogen) atoms. The minimum Gasteiger partial charge on any atom is -0.370 e. The van der Waals surface area contributed by atoms with Crippen LogP contribution in [0, 0.1) is 12.8 Å². The van der Waals surface area contributed by atoms with E-state index < -0.39 is 0 Å². The van der Waals surface area contributed by atoms with E-state index in [4.69, 9.17) is 4.74 Å². The van der Waals surface area contributed by atoms with Gasteiger partial charge >= 0.3 is 0 Å². The van der Waals surface area contributed by atoms with Gasteiger partial charge in [-0.1, -0.05) is 43.7 Å². The summed E-state index contributed by atoms with van der Waals surface area (Å²) in [7, 11) is 0. The Bertz CT molecular complexity index is 338. The highest BCUT2D eigenvalue weighted by Gasteiger charge is 2.15. The van der Waals surface area contributed by atoms with Gasteiger partial charge in [0.05, 0.1) is 0 Å². The van der Waals surface area contributed by atoms with Gasteiger partial charge in [-0.25, -0.2) is 0 Å². The molecule has 0 radical (unpaired) electrons. The van der Waals surface area contributed by atoms with Gasteiger partial charge in [0.25, 0.3) is 0 Å². The van der Waals surface area contributed by atoms with Crippen molar-refractivity contribution in [3.05, 3.63) is 35.4 Å². The summed E-state index contributed by atoms with van der Waals surface area (Å²) >= 11 is 0. The highest BCUT2D eigenvalue weighted by Crippen LogP contribution is 2.09. The molecule has 0 bridgehead atoms. The zero-order chi connectivity index (χ0) is 12.1. The first kappa shape index (κ1) is 12.9. The first-order valence-electron chi connectivity index (χ1n) is 5.73. The van der Waals surface area contributed by atoms with Gasteiger partial charge in [-0.05, 0) is 19.8 Å². The number of ether oxygens (including phenoxy) is 1. The van der Waals surface area contributed by atoms with Crippen molar-refractivity contribution in [2.24, 2.45) is 5.92 Å². The van der Waals surface area contributed by atoms with Crippen LogP contribution in [0.2, 0.25) is 0 Å². The van der Waals surface area contributed by atoms with Crippen molar-refractivity contribution in [2.75, 3.05) is 6.61 Å². The number of Topliss-reactive ketones (excluding diaryl/α,β-unsaturated/α-hetero) is 1. The number of benzene rings is 1. The molecule has 0 aliphatic rings. The highest BCUT2D eigenvalue weighted by molar-refractivity contribution is 5.99. The van der Waals surface area contributed by atoms with Gasteiger partial charge in [0.1, 0.15) is 6.10 Å². The molecule has 1 atom stereocenters. The number of ketones is 1. The third-order valence-corrected chi connectivity index (χ3v) is 2.38. The zero-order valence-corrected chi connectivity index (χ0v) is 10.5. The Hall–Kier alpha value is -1.15. The first-order chi connectivity index (χ1) is 7.50. The molecule has 0 aliphatic carbocycles. The minimum absolute atomic E-state index is 0.0562. The lowest BCUT2D eigenvalue weighted by molar-refractivity contribution is 0.0385. The standard InChI is InChI=1S/C14H20O2/c1-10(2)9-16-12(4)14(15)13-7-5-11(3)6-8-13/h5-8,10,12H,9H2,1-4H3. The van der Waals surface area contributed by atoms with E-state index >= 15 is 0 Å². The Labute approximate surface area is 97.6 Å². The molecule has 1 aromatic carbocycles. The fourth-order valence-electron chi connectivity index (χ4n) is 1.37. The molecule has 0 spiro atoms. The van der Waals surface area contributed by atoms with Crippen LogP contribution in [-0.2, 0) is 4.74 Å². The molecule has 0 N–H and O–H groups in total. The van der Waals surface area contributed by atoms with E-state index in [1.165, 1.54) is 0 Å². The van der Waals surface area contributed by atoms with E-state index in [0.29, 0.717) is 12.5 Å². The Kier molecular flexibility index (Phi) is 4.69. The predicted molar refractivity (Wildman–Crippen MR) is 65.8 cm³/mol. The largest absolute Gasteiger partial charge is 0.370 e. The van der Waals surface area contributed by atoms with E-state index in [9.17, 15) is 4.79 Å². The van der Waals surface area contributed by atoms with Gasteiger partial charge in [0.15, 0.2) is 5.78 Å². The molecule has 1 aromatic rings. The Morgan fingerprint density at radius 3 is 2.25 bits per heavy atom. The molecule has 0 saturated heterocycles. The molecular weight excluding hydrogens is 200 g/mol. The number of rotatable bonds is 5. The van der Waals surface area contributed by atoms with Gasteiger partial charge in [-0.3, -0.25) is 4.79 Å². The molecule has 1 unspecified atom stereocenters. The van der Waals surface area contributed by atoms with Crippen molar-refractivity contribution in [3.63, 3.8) is 0 Å². The van der Waals surface area contributed by atoms with Gasteiger partial charge in [-0.2, -0.15) is 0 Å². The molecule has 0 aromatic heterocycles. The summed E-state index contributed by atoms with van der Waals surface area (Å²) in [6, 6.07) is 7.60. The summed E-state index contributed by atoms with van der Waals surface area (Å²) in [6.07, 6.45) is -0.356. The fraction of sp³-hybridized carbons (Fsp3) is 0.500. The molecule has 0 amide bonds. The SMILES string of the molecule is Cc1ccc(C(=O)C(C)OCC(C)C)cc1. The van der Waals surface area contributed by atoms with E-state index in [0.717, 1.165) is 11.1 Å². The topological polar surface area (TPSA) is 26.3 Å². The van der Waals surface area contributed by atoms with Crippen LogP contribution in [0.1, 0.15) is 36.7 Å². The normalized spacial score (nSPS) is 12.8. The van der Waals surface area contributed by atoms with E-state index in [1.807, 2.05) is 38.1 Å². The summed E-state index contributed by atoms with van der Waals surface area (Å²) in [5.41, 5.74) is 1.88. The Morgan fingerprint density at radius 1 is 1.19 bits per heavy atom. The number of aryl methyl sites for hydroxylation is 1. The summed E-state index contributed by atoms with van der Waals surface area (Å²) in [5.74, 6) is 0.508. The van der Waals surface area contributed by atoms with Crippen molar-refractivity contribution in [2.45, 2.75) is 33.8 Å². The van der Waals surface area contributed by atoms with Gasteiger partial charge in [0, 0.05) is 12.2 Å². The second-order valence-electron chi connectivity index (χ2n) is 4.60. The molecule has 2 heteroatoms. The van der Waals surface area contributed by atoms with Crippen LogP contribution in [0.4, 0.5) is 0 Å². The molecule has 0 saturated carbocycles. The fourth-order valence-corrected chi connectivity index (χ4v) is 1.37. The van der Waals surface area contributed by atoms with Crippen molar-refractivity contribution in [3.8, 4) is 0 Å². The van der Waals surface area contributed by atoms with Crippen molar-refractivity contribution < 1.29 is 9.53 Å². The molecule has 0 heterocycles. The predicted octanol–water partition coefficient (Wildman–Crippen LogP) is 3.24. The molecule has 2 nitrogen and oxygen atoms in total. The second-order valence-corrected chi connectivity index (χ2v) is 4.60. The van der Waals surface area contributed by atoms with E-state index in [1.54, 1.807) is 0 Å². The number of hydrogen-bond acceptors (Lipinski definition) is 2. The van der Waals surface area contributed by atoms with E-state index in [-0.39, 0.29) is 11.9 Å². The van der Waals surface area contributed by atoms with Crippen molar-refractivity contribution >= 4 is 5.78 Å². The van der Waals surface area contributed by atoms with E-state index in [2.05, 4.69) is 13.8 Å². The zero-order valence-electron chi connectivity index (χ0n) is 10.5. The first-order valence-corrected chi connectivity index (χ1v) is 5.73. The summed E-state index contributed by atoms with van der Waals surface area (Å²) in [5, 5.41) is 0. The molecular formula is C14H20O2. The minimum atomic E-state index is -0.356. The number of carbonyl (C=O) groups excluding carboxylic acids is 1. The van der Waals surface area contributed by atoms with Crippen LogP contribution in [-0.4, -0.2) is 18.5 Å². The Balaban J connectivity index is 2.60. The third kappa shape index (κ3) is 3.78. The molecule has 88 valence electrons. The van der Waals surface area contributed by atoms with Crippen LogP contribution >= 0.6 is 0 Å². The van der Waals surface area contributed by atoms with Gasteiger partial charge in [0.2, 0.25) is 0 Å². The molecule has 0 aliphatic heterocycles. The molecule has 0 fully saturated rings. The average molecular weight is 220 g/mol. The maximum absolute atomic E-state index is 11.9. The lowest BCUT2D eigenvalue weighted by atomic mass is 10.1. The quantitative estimate of drug-likeness (QED) is 0.712. The maximum atomic E-state index is 11.9. The van der Waals surface area contributed by atoms with Gasteiger partial charge in [-0.15, -0.1) is 0 Å². The monoisotopic (exact) mass is 220 g/mol. The summed E-state index contributed by atoms with van der Waals surface area (Å²) in [4.78, 5) is 11.9. The van der Waals surface area contributed by atoms with Crippen LogP contribution < -0.4 is 0 Å². The second kappa shape index (κ2) is 5.80. The van der Waals surface area contributed by atoms with Gasteiger partial charge < -0.3 is 4.74 Å². The number of carbonyl (C=O) groups is 1. The van der Waals surface area contributed by atoms with Crippen LogP contribution in [0.3, 0.4) is 0 Å². The van der Waals surface area contributed by atoms with Crippen LogP contribution in [0.5, 0.6) is 0 Å². The highest BCUT2D eigenvalue weighted by atomic mass is 16.5. The summed E-state index contributed by atoms with van der Waals surface area (Å²) < 4.78 is 5.50. The lowest BCUT2D eigenvalue weighted by Crippen LogP contribution is -2.22. The number of hydrogen-bond donors (Lipinski definition) is 0. The smallest absolute Gasteiger partial charge is 0.191 e. The lowest BCUT2D eigenvalue weighted by Gasteiger charge is -2.13. The van der Waals surface area contributed by atoms with Crippen molar-refractivity contribution in [1.82, 2.24) is 0 Å².